The van der Waals surface area contributed by atoms with Crippen LogP contribution in [-0.2, 0) is 6.42 Å². The van der Waals surface area contributed by atoms with Gasteiger partial charge in [-0.15, -0.1) is 0 Å². The topological polar surface area (TPSA) is 20.2 Å². The van der Waals surface area contributed by atoms with Crippen LogP contribution in [0.1, 0.15) is 98.0 Å². The molecule has 0 bridgehead atoms. The molecular formula is C33H48O. The summed E-state index contributed by atoms with van der Waals surface area (Å²) >= 11 is 0. The number of hydrogen-bond donors (Lipinski definition) is 1. The van der Waals surface area contributed by atoms with Crippen molar-refractivity contribution in [2.24, 2.45) is 51.8 Å². The van der Waals surface area contributed by atoms with E-state index in [2.05, 4.69) is 71.0 Å². The van der Waals surface area contributed by atoms with E-state index >= 15 is 0 Å². The third kappa shape index (κ3) is 3.28. The van der Waals surface area contributed by atoms with Gasteiger partial charge in [-0.25, -0.2) is 0 Å². The molecule has 1 aromatic carbocycles. The number of hydrogen-bond acceptors (Lipinski definition) is 1. The van der Waals surface area contributed by atoms with Crippen molar-refractivity contribution < 1.29 is 5.11 Å². The maximum Gasteiger partial charge on any atom is 0.0650 e. The van der Waals surface area contributed by atoms with Crippen molar-refractivity contribution in [3.8, 4) is 0 Å². The lowest BCUT2D eigenvalue weighted by molar-refractivity contribution is -0.147. The van der Waals surface area contributed by atoms with Crippen LogP contribution >= 0.6 is 0 Å². The molecule has 0 aromatic heterocycles. The summed E-state index contributed by atoms with van der Waals surface area (Å²) in [5, 5.41) is 11.2. The predicted octanol–water partition coefficient (Wildman–Crippen LogP) is 8.22. The quantitative estimate of drug-likeness (QED) is 0.449. The lowest BCUT2D eigenvalue weighted by Gasteiger charge is -2.61. The van der Waals surface area contributed by atoms with E-state index in [1.807, 2.05) is 5.57 Å². The van der Waals surface area contributed by atoms with E-state index in [-0.39, 0.29) is 10.8 Å². The minimum atomic E-state index is -0.596. The normalized spacial score (nSPS) is 47.9. The molecule has 1 N–H and O–H groups in total. The van der Waals surface area contributed by atoms with Crippen LogP contribution < -0.4 is 0 Å². The van der Waals surface area contributed by atoms with Gasteiger partial charge in [-0.1, -0.05) is 62.8 Å². The van der Waals surface area contributed by atoms with Gasteiger partial charge in [-0.2, -0.15) is 0 Å². The van der Waals surface area contributed by atoms with Gasteiger partial charge in [0.25, 0.3) is 0 Å². The number of fused-ring (bicyclic) bond motifs is 5. The maximum absolute atomic E-state index is 11.2. The zero-order valence-corrected chi connectivity index (χ0v) is 22.4. The van der Waals surface area contributed by atoms with Crippen LogP contribution in [0.4, 0.5) is 0 Å². The molecule has 0 radical (unpaired) electrons. The van der Waals surface area contributed by atoms with Gasteiger partial charge in [0.1, 0.15) is 0 Å². The van der Waals surface area contributed by atoms with E-state index in [0.29, 0.717) is 5.41 Å². The third-order valence-corrected chi connectivity index (χ3v) is 13.0. The van der Waals surface area contributed by atoms with E-state index in [1.165, 1.54) is 69.8 Å². The first-order chi connectivity index (χ1) is 16.1. The van der Waals surface area contributed by atoms with E-state index < -0.39 is 5.60 Å². The smallest absolute Gasteiger partial charge is 0.0650 e. The van der Waals surface area contributed by atoms with Crippen LogP contribution in [0.25, 0.3) is 0 Å². The Morgan fingerprint density at radius 1 is 0.912 bits per heavy atom. The molecule has 5 aliphatic carbocycles. The van der Waals surface area contributed by atoms with Gasteiger partial charge < -0.3 is 5.11 Å². The van der Waals surface area contributed by atoms with Crippen molar-refractivity contribution in [2.75, 3.05) is 0 Å². The number of rotatable bonds is 4. The molecule has 4 fully saturated rings. The Hall–Kier alpha value is -1.08. The Morgan fingerprint density at radius 2 is 1.65 bits per heavy atom. The molecule has 6 rings (SSSR count). The molecule has 5 unspecified atom stereocenters. The zero-order chi connectivity index (χ0) is 23.9. The van der Waals surface area contributed by atoms with Gasteiger partial charge in [-0.3, -0.25) is 0 Å². The van der Waals surface area contributed by atoms with E-state index in [9.17, 15) is 5.11 Å². The summed E-state index contributed by atoms with van der Waals surface area (Å²) in [6.07, 6.45) is 16.3. The Morgan fingerprint density at radius 3 is 2.38 bits per heavy atom. The fourth-order valence-electron chi connectivity index (χ4n) is 10.3. The first-order valence-corrected chi connectivity index (χ1v) is 14.5. The van der Waals surface area contributed by atoms with E-state index in [4.69, 9.17) is 0 Å². The average molecular weight is 461 g/mol. The minimum absolute atomic E-state index is 0.0396. The van der Waals surface area contributed by atoms with Crippen molar-refractivity contribution in [1.82, 2.24) is 0 Å². The maximum atomic E-state index is 11.2. The monoisotopic (exact) mass is 460 g/mol. The van der Waals surface area contributed by atoms with Crippen LogP contribution in [-0.4, -0.2) is 10.7 Å². The van der Waals surface area contributed by atoms with Gasteiger partial charge in [0, 0.05) is 5.41 Å². The summed E-state index contributed by atoms with van der Waals surface area (Å²) < 4.78 is 0. The highest BCUT2D eigenvalue weighted by Gasteiger charge is 2.65. The molecule has 0 amide bonds. The van der Waals surface area contributed by atoms with Gasteiger partial charge in [0.15, 0.2) is 0 Å². The number of allylic oxidation sites excluding steroid dienone is 2. The molecule has 0 spiro atoms. The minimum Gasteiger partial charge on any atom is -0.390 e. The third-order valence-electron chi connectivity index (χ3n) is 13.0. The average Bonchev–Trinajstić information content (AvgIpc) is 3.49. The second kappa shape index (κ2) is 7.71. The zero-order valence-electron chi connectivity index (χ0n) is 22.4. The molecule has 186 valence electrons. The number of aliphatic hydroxyl groups is 1. The first kappa shape index (κ1) is 23.3. The fraction of sp³-hybridized carbons (Fsp3) is 0.758. The molecule has 1 nitrogen and oxygen atoms in total. The molecule has 0 saturated heterocycles. The van der Waals surface area contributed by atoms with Crippen LogP contribution in [0.3, 0.4) is 0 Å². The summed E-state index contributed by atoms with van der Waals surface area (Å²) in [6, 6.07) is 11.2. The summed E-state index contributed by atoms with van der Waals surface area (Å²) in [5.74, 6) is 5.33. The van der Waals surface area contributed by atoms with Gasteiger partial charge in [-0.05, 0) is 130 Å². The van der Waals surface area contributed by atoms with Crippen molar-refractivity contribution in [3.63, 3.8) is 0 Å². The lowest BCUT2D eigenvalue weighted by Crippen LogP contribution is -2.56. The summed E-state index contributed by atoms with van der Waals surface area (Å²) in [7, 11) is 0. The summed E-state index contributed by atoms with van der Waals surface area (Å²) in [6.45, 7) is 11.8. The molecular weight excluding hydrogens is 412 g/mol. The van der Waals surface area contributed by atoms with Crippen LogP contribution in [0.2, 0.25) is 0 Å². The van der Waals surface area contributed by atoms with Crippen molar-refractivity contribution in [3.05, 3.63) is 47.5 Å². The molecule has 1 heteroatoms. The van der Waals surface area contributed by atoms with E-state index in [0.717, 1.165) is 35.5 Å². The number of benzene rings is 1. The Kier molecular flexibility index (Phi) is 5.29. The largest absolute Gasteiger partial charge is 0.390 e. The fourth-order valence-corrected chi connectivity index (χ4v) is 10.3. The second-order valence-corrected chi connectivity index (χ2v) is 14.5. The van der Waals surface area contributed by atoms with Crippen molar-refractivity contribution >= 4 is 0 Å². The molecule has 9 atom stereocenters. The Bertz CT molecular complexity index is 955. The van der Waals surface area contributed by atoms with Crippen molar-refractivity contribution in [1.29, 1.82) is 0 Å². The van der Waals surface area contributed by atoms with Crippen LogP contribution in [0.15, 0.2) is 42.0 Å². The molecule has 5 aliphatic rings. The molecule has 4 saturated carbocycles. The van der Waals surface area contributed by atoms with Crippen LogP contribution in [0.5, 0.6) is 0 Å². The van der Waals surface area contributed by atoms with Crippen LogP contribution in [0, 0.1) is 51.8 Å². The van der Waals surface area contributed by atoms with Crippen molar-refractivity contribution in [2.45, 2.75) is 104 Å². The summed E-state index contributed by atoms with van der Waals surface area (Å²) in [5.41, 5.74) is 3.55. The first-order valence-electron chi connectivity index (χ1n) is 14.5. The SMILES string of the molecule is CC(C)(O)[C@@]1(C)CCC2C3CC=C4C[C@@H](C5CC5Cc5ccccc5)CC[C@]4(C)C3CC[C@@]21C. The predicted molar refractivity (Wildman–Crippen MR) is 141 cm³/mol. The summed E-state index contributed by atoms with van der Waals surface area (Å²) in [4.78, 5) is 0. The molecule has 0 aliphatic heterocycles. The van der Waals surface area contributed by atoms with Gasteiger partial charge in [0.2, 0.25) is 0 Å². The van der Waals surface area contributed by atoms with Gasteiger partial charge >= 0.3 is 0 Å². The Labute approximate surface area is 208 Å². The highest BCUT2D eigenvalue weighted by Crippen LogP contribution is 2.72. The lowest BCUT2D eigenvalue weighted by atomic mass is 9.44. The standard InChI is InChI=1S/C33H48O/c1-30(2,34)33(5)18-15-29-26-12-11-25-20-23(27-21-24(27)19-22-9-7-6-8-10-22)13-16-31(25,3)28(26)14-17-32(29,33)4/h6-11,23-24,26-29,34H,12-21H2,1-5H3/t23-,24?,26?,27?,28?,29?,31-,32-,33+/m0/s1. The highest BCUT2D eigenvalue weighted by atomic mass is 16.3. The molecule has 34 heavy (non-hydrogen) atoms. The second-order valence-electron chi connectivity index (χ2n) is 14.5. The molecule has 1 aromatic rings. The van der Waals surface area contributed by atoms with E-state index in [1.54, 1.807) is 0 Å². The molecule has 0 heterocycles. The highest BCUT2D eigenvalue weighted by molar-refractivity contribution is 5.27. The van der Waals surface area contributed by atoms with Gasteiger partial charge in [0.05, 0.1) is 5.60 Å². The Balaban J connectivity index is 1.18.